The van der Waals surface area contributed by atoms with E-state index in [1.807, 2.05) is 0 Å². The Morgan fingerprint density at radius 1 is 0.469 bits per heavy atom. The number of imide groups is 1. The molecule has 0 radical (unpaired) electrons. The van der Waals surface area contributed by atoms with Gasteiger partial charge in [-0.25, -0.2) is 0 Å². The van der Waals surface area contributed by atoms with Gasteiger partial charge in [0.15, 0.2) is 0 Å². The number of unbranched alkanes of at least 4 members (excludes halogenated alkanes) is 15. The first kappa shape index (κ1) is 29.4. The van der Waals surface area contributed by atoms with Gasteiger partial charge in [-0.3, -0.25) is 14.5 Å². The number of carbonyl (C=O) groups excluding carboxylic acids is 2. The van der Waals surface area contributed by atoms with Crippen molar-refractivity contribution in [3.8, 4) is 0 Å². The highest BCUT2D eigenvalue weighted by molar-refractivity contribution is 6.01. The van der Waals surface area contributed by atoms with Crippen LogP contribution in [-0.2, 0) is 9.59 Å². The Morgan fingerprint density at radius 2 is 0.812 bits per heavy atom. The molecule has 188 valence electrons. The van der Waals surface area contributed by atoms with Crippen molar-refractivity contribution in [2.24, 2.45) is 0 Å². The van der Waals surface area contributed by atoms with Gasteiger partial charge in [-0.1, -0.05) is 96.3 Å². The van der Waals surface area contributed by atoms with Crippen LogP contribution < -0.4 is 0 Å². The number of rotatable bonds is 19. The van der Waals surface area contributed by atoms with E-state index in [-0.39, 0.29) is 24.2 Å². The second-order valence-corrected chi connectivity index (χ2v) is 10.00. The predicted molar refractivity (Wildman–Crippen MR) is 137 cm³/mol. The SMILES string of the molecule is Cl.O=C1CCC(=O)N1CCCCCCCCCCCCCCCCCCN1CCCCC1. The van der Waals surface area contributed by atoms with Gasteiger partial charge in [0, 0.05) is 19.4 Å². The van der Waals surface area contributed by atoms with E-state index in [0.717, 1.165) is 12.8 Å². The fourth-order valence-electron chi connectivity index (χ4n) is 5.14. The number of likely N-dealkylation sites (tertiary alicyclic amines) is 2. The van der Waals surface area contributed by atoms with Crippen LogP contribution in [0.15, 0.2) is 0 Å². The van der Waals surface area contributed by atoms with Crippen LogP contribution in [0.2, 0.25) is 0 Å². The molecule has 0 aromatic rings. The molecule has 0 aliphatic carbocycles. The maximum Gasteiger partial charge on any atom is 0.229 e. The zero-order valence-electron chi connectivity index (χ0n) is 20.8. The van der Waals surface area contributed by atoms with E-state index in [9.17, 15) is 9.59 Å². The summed E-state index contributed by atoms with van der Waals surface area (Å²) in [5, 5.41) is 0. The summed E-state index contributed by atoms with van der Waals surface area (Å²) < 4.78 is 0. The number of piperidine rings is 1. The van der Waals surface area contributed by atoms with E-state index in [1.54, 1.807) is 0 Å². The van der Waals surface area contributed by atoms with E-state index < -0.39 is 0 Å². The monoisotopic (exact) mass is 470 g/mol. The minimum atomic E-state index is 0. The average molecular weight is 471 g/mol. The van der Waals surface area contributed by atoms with Gasteiger partial charge in [-0.2, -0.15) is 0 Å². The summed E-state index contributed by atoms with van der Waals surface area (Å²) in [7, 11) is 0. The lowest BCUT2D eigenvalue weighted by Crippen LogP contribution is -2.30. The average Bonchev–Trinajstić information content (AvgIpc) is 3.11. The molecule has 2 heterocycles. The van der Waals surface area contributed by atoms with Crippen LogP contribution in [0.4, 0.5) is 0 Å². The quantitative estimate of drug-likeness (QED) is 0.147. The molecule has 0 aromatic carbocycles. The molecule has 0 spiro atoms. The van der Waals surface area contributed by atoms with Crippen molar-refractivity contribution in [3.63, 3.8) is 0 Å². The molecule has 0 N–H and O–H groups in total. The van der Waals surface area contributed by atoms with Crippen molar-refractivity contribution in [3.05, 3.63) is 0 Å². The van der Waals surface area contributed by atoms with E-state index in [4.69, 9.17) is 0 Å². The first-order valence-corrected chi connectivity index (χ1v) is 13.8. The third-order valence-corrected chi connectivity index (χ3v) is 7.21. The van der Waals surface area contributed by atoms with Crippen LogP contribution in [0.25, 0.3) is 0 Å². The molecule has 4 nitrogen and oxygen atoms in total. The molecular weight excluding hydrogens is 420 g/mol. The molecule has 0 saturated carbocycles. The predicted octanol–water partition coefficient (Wildman–Crippen LogP) is 7.28. The molecule has 2 aliphatic rings. The highest BCUT2D eigenvalue weighted by atomic mass is 35.5. The molecule has 2 saturated heterocycles. The number of nitrogens with zero attached hydrogens (tertiary/aromatic N) is 2. The molecule has 0 aromatic heterocycles. The third-order valence-electron chi connectivity index (χ3n) is 7.21. The van der Waals surface area contributed by atoms with Crippen molar-refractivity contribution in [2.45, 2.75) is 135 Å². The maximum absolute atomic E-state index is 11.5. The maximum atomic E-state index is 11.5. The van der Waals surface area contributed by atoms with Gasteiger partial charge in [-0.15, -0.1) is 12.4 Å². The summed E-state index contributed by atoms with van der Waals surface area (Å²) in [6.45, 7) is 4.70. The Balaban J connectivity index is 0.00000512. The van der Waals surface area contributed by atoms with Crippen LogP contribution in [0.1, 0.15) is 135 Å². The Bertz CT molecular complexity index is 464. The van der Waals surface area contributed by atoms with Gasteiger partial charge in [0.2, 0.25) is 11.8 Å². The van der Waals surface area contributed by atoms with Gasteiger partial charge < -0.3 is 4.90 Å². The second-order valence-electron chi connectivity index (χ2n) is 10.00. The molecule has 2 amide bonds. The summed E-state index contributed by atoms with van der Waals surface area (Å²) in [5.74, 6) is 0.0708. The van der Waals surface area contributed by atoms with Crippen molar-refractivity contribution < 1.29 is 9.59 Å². The standard InChI is InChI=1S/C27H50N2O2.ClH/c30-26-20-21-27(31)29(26)25-19-14-12-10-8-6-4-2-1-3-5-7-9-11-13-16-22-28-23-17-15-18-24-28;/h1-25H2;1H. The molecule has 2 aliphatic heterocycles. The second kappa shape index (κ2) is 19.8. The van der Waals surface area contributed by atoms with Crippen molar-refractivity contribution in [2.75, 3.05) is 26.2 Å². The first-order chi connectivity index (χ1) is 15.3. The number of carbonyl (C=O) groups is 2. The minimum Gasteiger partial charge on any atom is -0.303 e. The summed E-state index contributed by atoms with van der Waals surface area (Å²) in [6, 6.07) is 0. The fourth-order valence-corrected chi connectivity index (χ4v) is 5.14. The van der Waals surface area contributed by atoms with E-state index in [1.165, 1.54) is 134 Å². The summed E-state index contributed by atoms with van der Waals surface area (Å²) >= 11 is 0. The molecule has 0 unspecified atom stereocenters. The Morgan fingerprint density at radius 3 is 1.22 bits per heavy atom. The van der Waals surface area contributed by atoms with Crippen molar-refractivity contribution in [1.82, 2.24) is 9.80 Å². The fraction of sp³-hybridized carbons (Fsp3) is 0.926. The highest BCUT2D eigenvalue weighted by Gasteiger charge is 2.27. The lowest BCUT2D eigenvalue weighted by molar-refractivity contribution is -0.138. The smallest absolute Gasteiger partial charge is 0.229 e. The Kier molecular flexibility index (Phi) is 18.2. The van der Waals surface area contributed by atoms with Crippen LogP contribution in [0, 0.1) is 0 Å². The van der Waals surface area contributed by atoms with Crippen LogP contribution in [0.3, 0.4) is 0 Å². The molecular formula is C27H51ClN2O2. The third kappa shape index (κ3) is 13.8. The summed E-state index contributed by atoms with van der Waals surface area (Å²) in [5.41, 5.74) is 0. The van der Waals surface area contributed by atoms with Crippen LogP contribution in [-0.4, -0.2) is 47.8 Å². The molecule has 2 rings (SSSR count). The largest absolute Gasteiger partial charge is 0.303 e. The normalized spacial score (nSPS) is 17.2. The molecule has 0 bridgehead atoms. The van der Waals surface area contributed by atoms with E-state index in [0.29, 0.717) is 19.4 Å². The number of hydrogen-bond donors (Lipinski definition) is 0. The van der Waals surface area contributed by atoms with Crippen molar-refractivity contribution >= 4 is 24.2 Å². The topological polar surface area (TPSA) is 40.6 Å². The van der Waals surface area contributed by atoms with E-state index >= 15 is 0 Å². The van der Waals surface area contributed by atoms with Gasteiger partial charge in [0.25, 0.3) is 0 Å². The van der Waals surface area contributed by atoms with Crippen LogP contribution >= 0.6 is 12.4 Å². The Hall–Kier alpha value is -0.610. The Labute approximate surface area is 204 Å². The molecule has 2 fully saturated rings. The minimum absolute atomic E-state index is 0. The highest BCUT2D eigenvalue weighted by Crippen LogP contribution is 2.16. The molecule has 32 heavy (non-hydrogen) atoms. The summed E-state index contributed by atoms with van der Waals surface area (Å²) in [6.07, 6.45) is 26.8. The molecule has 0 atom stereocenters. The first-order valence-electron chi connectivity index (χ1n) is 13.8. The number of hydrogen-bond acceptors (Lipinski definition) is 3. The van der Waals surface area contributed by atoms with E-state index in [2.05, 4.69) is 4.90 Å². The van der Waals surface area contributed by atoms with Gasteiger partial charge in [-0.05, 0) is 45.3 Å². The number of amides is 2. The number of halogens is 1. The van der Waals surface area contributed by atoms with Gasteiger partial charge in [0.1, 0.15) is 0 Å². The van der Waals surface area contributed by atoms with Crippen molar-refractivity contribution in [1.29, 1.82) is 0 Å². The lowest BCUT2D eigenvalue weighted by atomic mass is 10.0. The van der Waals surface area contributed by atoms with Gasteiger partial charge >= 0.3 is 0 Å². The summed E-state index contributed by atoms with van der Waals surface area (Å²) in [4.78, 5) is 27.2. The zero-order valence-corrected chi connectivity index (χ0v) is 21.6. The van der Waals surface area contributed by atoms with Gasteiger partial charge in [0.05, 0.1) is 0 Å². The zero-order chi connectivity index (χ0) is 22.0. The lowest BCUT2D eigenvalue weighted by Gasteiger charge is -2.26. The molecule has 5 heteroatoms. The van der Waals surface area contributed by atoms with Crippen LogP contribution in [0.5, 0.6) is 0 Å².